The molecule has 2 rings (SSSR count). The highest BCUT2D eigenvalue weighted by atomic mass is 32.2. The Balaban J connectivity index is 0.000000399. The summed E-state index contributed by atoms with van der Waals surface area (Å²) in [5.74, 6) is 0.611. The molecule has 1 fully saturated rings. The molecule has 0 saturated carbocycles. The van der Waals surface area contributed by atoms with Gasteiger partial charge in [0.25, 0.3) is 0 Å². The first kappa shape index (κ1) is 16.1. The Hall–Kier alpha value is -0.910. The third-order valence-electron chi connectivity index (χ3n) is 3.04. The summed E-state index contributed by atoms with van der Waals surface area (Å²) >= 11 is 0. The fourth-order valence-electron chi connectivity index (χ4n) is 1.75. The van der Waals surface area contributed by atoms with E-state index in [0.29, 0.717) is 24.6 Å². The Morgan fingerprint density at radius 3 is 2.16 bits per heavy atom. The van der Waals surface area contributed by atoms with Crippen molar-refractivity contribution in [3.05, 3.63) is 35.9 Å². The van der Waals surface area contributed by atoms with Gasteiger partial charge in [-0.2, -0.15) is 0 Å². The van der Waals surface area contributed by atoms with Gasteiger partial charge in [-0.05, 0) is 19.2 Å². The molecule has 0 atom stereocenters. The van der Waals surface area contributed by atoms with Gasteiger partial charge in [-0.1, -0.05) is 37.3 Å². The number of sulfone groups is 1. The predicted octanol–water partition coefficient (Wildman–Crippen LogP) is 1.14. The maximum Gasteiger partial charge on any atom is 0.152 e. The van der Waals surface area contributed by atoms with Crippen LogP contribution in [0.2, 0.25) is 0 Å². The van der Waals surface area contributed by atoms with E-state index in [4.69, 9.17) is 0 Å². The fourth-order valence-corrected chi connectivity index (χ4v) is 3.03. The van der Waals surface area contributed by atoms with Crippen LogP contribution in [0.4, 0.5) is 0 Å². The predicted molar refractivity (Wildman–Crippen MR) is 80.0 cm³/mol. The molecule has 0 bridgehead atoms. The Bertz CT molecular complexity index is 430. The van der Waals surface area contributed by atoms with Gasteiger partial charge in [-0.3, -0.25) is 4.90 Å². The van der Waals surface area contributed by atoms with Crippen molar-refractivity contribution in [3.8, 4) is 0 Å². The fraction of sp³-hybridized carbons (Fsp3) is 0.571. The van der Waals surface area contributed by atoms with E-state index in [9.17, 15) is 8.42 Å². The lowest BCUT2D eigenvalue weighted by atomic mass is 10.2. The molecule has 108 valence electrons. The van der Waals surface area contributed by atoms with E-state index in [2.05, 4.69) is 29.3 Å². The third-order valence-corrected chi connectivity index (χ3v) is 4.65. The molecule has 0 unspecified atom stereocenters. The first-order valence-electron chi connectivity index (χ1n) is 6.68. The quantitative estimate of drug-likeness (QED) is 0.904. The number of hydrogen-bond acceptors (Lipinski definition) is 4. The zero-order chi connectivity index (χ0) is 14.1. The third kappa shape index (κ3) is 6.71. The van der Waals surface area contributed by atoms with E-state index < -0.39 is 9.84 Å². The molecule has 1 aromatic rings. The molecule has 1 aliphatic heterocycles. The maximum atomic E-state index is 11.2. The summed E-state index contributed by atoms with van der Waals surface area (Å²) in [6.07, 6.45) is 0. The van der Waals surface area contributed by atoms with Gasteiger partial charge in [0.1, 0.15) is 0 Å². The average molecular weight is 284 g/mol. The highest BCUT2D eigenvalue weighted by molar-refractivity contribution is 7.91. The lowest BCUT2D eigenvalue weighted by Crippen LogP contribution is -2.39. The Morgan fingerprint density at radius 1 is 1.16 bits per heavy atom. The highest BCUT2D eigenvalue weighted by Gasteiger charge is 2.21. The van der Waals surface area contributed by atoms with E-state index >= 15 is 0 Å². The van der Waals surface area contributed by atoms with Crippen molar-refractivity contribution >= 4 is 9.84 Å². The minimum Gasteiger partial charge on any atom is -0.320 e. The number of rotatable bonds is 3. The Morgan fingerprint density at radius 2 is 1.68 bits per heavy atom. The van der Waals surface area contributed by atoms with Crippen LogP contribution in [-0.2, 0) is 16.4 Å². The summed E-state index contributed by atoms with van der Waals surface area (Å²) in [5.41, 5.74) is 1.25. The average Bonchev–Trinajstić information content (AvgIpc) is 2.43. The molecular formula is C14H24N2O2S. The van der Waals surface area contributed by atoms with Crippen molar-refractivity contribution in [2.45, 2.75) is 13.5 Å². The lowest BCUT2D eigenvalue weighted by molar-refractivity contribution is 0.287. The molecule has 1 aromatic carbocycles. The summed E-state index contributed by atoms with van der Waals surface area (Å²) in [4.78, 5) is 2.19. The van der Waals surface area contributed by atoms with E-state index in [1.807, 2.05) is 25.2 Å². The van der Waals surface area contributed by atoms with Gasteiger partial charge in [0.2, 0.25) is 0 Å². The van der Waals surface area contributed by atoms with Crippen LogP contribution in [0.5, 0.6) is 0 Å². The van der Waals surface area contributed by atoms with Crippen LogP contribution in [0.3, 0.4) is 0 Å². The largest absolute Gasteiger partial charge is 0.320 e. The van der Waals surface area contributed by atoms with Crippen molar-refractivity contribution in [3.63, 3.8) is 0 Å². The van der Waals surface area contributed by atoms with Crippen molar-refractivity contribution in [2.24, 2.45) is 0 Å². The second-order valence-corrected chi connectivity index (χ2v) is 6.92. The molecule has 4 nitrogen and oxygen atoms in total. The molecule has 0 amide bonds. The number of benzene rings is 1. The van der Waals surface area contributed by atoms with E-state index in [-0.39, 0.29) is 0 Å². The van der Waals surface area contributed by atoms with Gasteiger partial charge < -0.3 is 5.32 Å². The highest BCUT2D eigenvalue weighted by Crippen LogP contribution is 2.09. The van der Waals surface area contributed by atoms with Crippen LogP contribution in [-0.4, -0.2) is 51.5 Å². The molecule has 0 aliphatic carbocycles. The standard InChI is InChI=1S/C11H15NO2S.C3H9N/c13-15(14)8-6-12(7-9-15)10-11-4-2-1-3-5-11;1-3-4-2/h1-5H,6-10H2;4H,3H2,1-2H3. The molecule has 1 heterocycles. The topological polar surface area (TPSA) is 49.4 Å². The normalized spacial score (nSPS) is 18.4. The van der Waals surface area contributed by atoms with Crippen LogP contribution < -0.4 is 5.32 Å². The van der Waals surface area contributed by atoms with Crippen molar-refractivity contribution in [2.75, 3.05) is 38.2 Å². The molecular weight excluding hydrogens is 260 g/mol. The van der Waals surface area contributed by atoms with Gasteiger partial charge in [0, 0.05) is 19.6 Å². The Kier molecular flexibility index (Phi) is 7.05. The summed E-state index contributed by atoms with van der Waals surface area (Å²) in [5, 5.41) is 2.93. The number of nitrogens with one attached hydrogen (secondary N) is 1. The maximum absolute atomic E-state index is 11.2. The molecule has 19 heavy (non-hydrogen) atoms. The van der Waals surface area contributed by atoms with Crippen LogP contribution in [0.15, 0.2) is 30.3 Å². The monoisotopic (exact) mass is 284 g/mol. The molecule has 1 saturated heterocycles. The van der Waals surface area contributed by atoms with Gasteiger partial charge in [0.15, 0.2) is 9.84 Å². The van der Waals surface area contributed by atoms with Crippen LogP contribution in [0.25, 0.3) is 0 Å². The molecule has 0 aromatic heterocycles. The zero-order valence-electron chi connectivity index (χ0n) is 11.8. The molecule has 0 spiro atoms. The molecule has 1 N–H and O–H groups in total. The summed E-state index contributed by atoms with van der Waals surface area (Å²) in [7, 11) is -0.819. The summed E-state index contributed by atoms with van der Waals surface area (Å²) in [6, 6.07) is 10.2. The lowest BCUT2D eigenvalue weighted by Gasteiger charge is -2.26. The zero-order valence-corrected chi connectivity index (χ0v) is 12.6. The molecule has 0 radical (unpaired) electrons. The first-order chi connectivity index (χ1) is 9.07. The van der Waals surface area contributed by atoms with Crippen LogP contribution in [0, 0.1) is 0 Å². The van der Waals surface area contributed by atoms with Gasteiger partial charge in [-0.25, -0.2) is 8.42 Å². The second-order valence-electron chi connectivity index (χ2n) is 4.62. The van der Waals surface area contributed by atoms with E-state index in [0.717, 1.165) is 13.1 Å². The summed E-state index contributed by atoms with van der Waals surface area (Å²) < 4.78 is 22.4. The van der Waals surface area contributed by atoms with Gasteiger partial charge in [-0.15, -0.1) is 0 Å². The SMILES string of the molecule is CCNC.O=S1(=O)CCN(Cc2ccccc2)CC1. The van der Waals surface area contributed by atoms with E-state index in [1.165, 1.54) is 5.56 Å². The number of hydrogen-bond donors (Lipinski definition) is 1. The first-order valence-corrected chi connectivity index (χ1v) is 8.51. The smallest absolute Gasteiger partial charge is 0.152 e. The van der Waals surface area contributed by atoms with Crippen molar-refractivity contribution in [1.29, 1.82) is 0 Å². The minimum atomic E-state index is -2.75. The summed E-state index contributed by atoms with van der Waals surface area (Å²) in [6.45, 7) is 5.32. The molecule has 1 aliphatic rings. The minimum absolute atomic E-state index is 0.305. The van der Waals surface area contributed by atoms with Crippen LogP contribution >= 0.6 is 0 Å². The van der Waals surface area contributed by atoms with Crippen LogP contribution in [0.1, 0.15) is 12.5 Å². The number of nitrogens with zero attached hydrogens (tertiary/aromatic N) is 1. The van der Waals surface area contributed by atoms with Gasteiger partial charge in [0.05, 0.1) is 11.5 Å². The van der Waals surface area contributed by atoms with Crippen molar-refractivity contribution < 1.29 is 8.42 Å². The van der Waals surface area contributed by atoms with E-state index in [1.54, 1.807) is 0 Å². The van der Waals surface area contributed by atoms with Crippen molar-refractivity contribution in [1.82, 2.24) is 10.2 Å². The second kappa shape index (κ2) is 8.30. The van der Waals surface area contributed by atoms with Gasteiger partial charge >= 0.3 is 0 Å². The molecule has 5 heteroatoms. The Labute approximate surface area is 116 Å².